The van der Waals surface area contributed by atoms with Crippen molar-refractivity contribution in [2.45, 2.75) is 45.8 Å². The molecular formula is C13H21BO2. The Morgan fingerprint density at radius 1 is 1.12 bits per heavy atom. The van der Waals surface area contributed by atoms with Gasteiger partial charge in [-0.1, -0.05) is 30.9 Å². The Kier molecular flexibility index (Phi) is 3.82. The second-order valence-electron chi connectivity index (χ2n) is 4.97. The van der Waals surface area contributed by atoms with Crippen molar-refractivity contribution in [2.24, 2.45) is 0 Å². The van der Waals surface area contributed by atoms with E-state index >= 15 is 0 Å². The summed E-state index contributed by atoms with van der Waals surface area (Å²) in [7, 11) is -0.286. The van der Waals surface area contributed by atoms with Crippen LogP contribution < -0.4 is 0 Å². The van der Waals surface area contributed by atoms with Crippen molar-refractivity contribution in [2.75, 3.05) is 0 Å². The lowest BCUT2D eigenvalue weighted by molar-refractivity contribution is 0.00578. The third-order valence-electron chi connectivity index (χ3n) is 3.28. The van der Waals surface area contributed by atoms with Crippen molar-refractivity contribution in [1.82, 2.24) is 0 Å². The van der Waals surface area contributed by atoms with Crippen molar-refractivity contribution in [3.63, 3.8) is 0 Å². The molecule has 1 rings (SSSR count). The van der Waals surface area contributed by atoms with Crippen LogP contribution in [0.4, 0.5) is 0 Å². The molecule has 0 unspecified atom stereocenters. The Morgan fingerprint density at radius 2 is 1.62 bits per heavy atom. The van der Waals surface area contributed by atoms with E-state index in [-0.39, 0.29) is 18.3 Å². The first-order valence-corrected chi connectivity index (χ1v) is 5.65. The van der Waals surface area contributed by atoms with E-state index in [4.69, 9.17) is 9.31 Å². The minimum absolute atomic E-state index is 0.284. The van der Waals surface area contributed by atoms with E-state index in [9.17, 15) is 0 Å². The lowest BCUT2D eigenvalue weighted by atomic mass is 9.78. The van der Waals surface area contributed by atoms with Gasteiger partial charge in [-0.05, 0) is 40.1 Å². The van der Waals surface area contributed by atoms with Gasteiger partial charge in [0.25, 0.3) is 0 Å². The Morgan fingerprint density at radius 3 is 2.00 bits per heavy atom. The fraction of sp³-hybridized carbons (Fsp3) is 0.538. The zero-order valence-electron chi connectivity index (χ0n) is 10.9. The molecule has 2 nitrogen and oxygen atoms in total. The zero-order chi connectivity index (χ0) is 12.4. The molecule has 1 fully saturated rings. The molecule has 0 atom stereocenters. The first-order chi connectivity index (χ1) is 7.34. The third-order valence-corrected chi connectivity index (χ3v) is 3.28. The Hall–Kier alpha value is -0.795. The predicted molar refractivity (Wildman–Crippen MR) is 69.2 cm³/mol. The van der Waals surface area contributed by atoms with E-state index in [1.54, 1.807) is 6.08 Å². The molecule has 3 heteroatoms. The van der Waals surface area contributed by atoms with Crippen LogP contribution >= 0.6 is 0 Å². The van der Waals surface area contributed by atoms with Crippen LogP contribution in [0.1, 0.15) is 34.6 Å². The van der Waals surface area contributed by atoms with Gasteiger partial charge in [0.2, 0.25) is 0 Å². The highest BCUT2D eigenvalue weighted by Crippen LogP contribution is 2.38. The molecule has 0 spiro atoms. The third kappa shape index (κ3) is 2.47. The van der Waals surface area contributed by atoms with Gasteiger partial charge in [0.1, 0.15) is 0 Å². The molecule has 0 bridgehead atoms. The molecule has 1 saturated heterocycles. The quantitative estimate of drug-likeness (QED) is 0.536. The standard InChI is InChI=1S/C13H21BO2/c1-7-9-10-11(8-2)14-15-12(3,4)13(5,6)16-14/h7-10H,1H2,2-6H3/b10-9-,11-8+. The number of hydrogen-bond acceptors (Lipinski definition) is 2. The largest absolute Gasteiger partial charge is 0.494 e. The molecule has 1 heterocycles. The molecule has 0 aromatic rings. The van der Waals surface area contributed by atoms with Crippen molar-refractivity contribution in [1.29, 1.82) is 0 Å². The molecule has 0 saturated carbocycles. The number of rotatable bonds is 3. The lowest BCUT2D eigenvalue weighted by Gasteiger charge is -2.32. The maximum Gasteiger partial charge on any atom is 0.494 e. The minimum atomic E-state index is -0.286. The minimum Gasteiger partial charge on any atom is -0.399 e. The van der Waals surface area contributed by atoms with E-state index < -0.39 is 0 Å². The highest BCUT2D eigenvalue weighted by atomic mass is 16.7. The molecule has 0 aromatic carbocycles. The smallest absolute Gasteiger partial charge is 0.399 e. The Balaban J connectivity index is 2.86. The maximum atomic E-state index is 5.94. The van der Waals surface area contributed by atoms with Gasteiger partial charge < -0.3 is 9.31 Å². The van der Waals surface area contributed by atoms with Crippen LogP contribution in [0.2, 0.25) is 0 Å². The van der Waals surface area contributed by atoms with Gasteiger partial charge in [-0.25, -0.2) is 0 Å². The highest BCUT2D eigenvalue weighted by Gasteiger charge is 2.51. The van der Waals surface area contributed by atoms with Crippen LogP contribution in [-0.2, 0) is 9.31 Å². The first kappa shape index (κ1) is 13.3. The summed E-state index contributed by atoms with van der Waals surface area (Å²) in [4.78, 5) is 0. The van der Waals surface area contributed by atoms with Gasteiger partial charge in [0.05, 0.1) is 11.2 Å². The summed E-state index contributed by atoms with van der Waals surface area (Å²) in [5, 5.41) is 0. The van der Waals surface area contributed by atoms with Crippen molar-refractivity contribution < 1.29 is 9.31 Å². The normalized spacial score (nSPS) is 24.1. The van der Waals surface area contributed by atoms with E-state index in [2.05, 4.69) is 34.3 Å². The number of allylic oxidation sites excluding steroid dienone is 5. The average Bonchev–Trinajstić information content (AvgIpc) is 2.37. The van der Waals surface area contributed by atoms with Crippen LogP contribution in [0.5, 0.6) is 0 Å². The summed E-state index contributed by atoms with van der Waals surface area (Å²) in [5.41, 5.74) is 0.459. The summed E-state index contributed by atoms with van der Waals surface area (Å²) < 4.78 is 11.9. The van der Waals surface area contributed by atoms with Gasteiger partial charge >= 0.3 is 7.12 Å². The van der Waals surface area contributed by atoms with E-state index in [0.29, 0.717) is 0 Å². The second kappa shape index (κ2) is 4.60. The fourth-order valence-corrected chi connectivity index (χ4v) is 1.47. The lowest BCUT2D eigenvalue weighted by Crippen LogP contribution is -2.41. The van der Waals surface area contributed by atoms with Gasteiger partial charge in [0, 0.05) is 0 Å². The summed E-state index contributed by atoms with van der Waals surface area (Å²) in [6, 6.07) is 0. The molecule has 88 valence electrons. The highest BCUT2D eigenvalue weighted by molar-refractivity contribution is 6.55. The number of hydrogen-bond donors (Lipinski definition) is 0. The molecule has 0 N–H and O–H groups in total. The van der Waals surface area contributed by atoms with Gasteiger partial charge in [-0.15, -0.1) is 0 Å². The van der Waals surface area contributed by atoms with Crippen LogP contribution in [0.3, 0.4) is 0 Å². The van der Waals surface area contributed by atoms with Crippen molar-refractivity contribution in [3.8, 4) is 0 Å². The van der Waals surface area contributed by atoms with Crippen molar-refractivity contribution in [3.05, 3.63) is 36.4 Å². The second-order valence-corrected chi connectivity index (χ2v) is 4.97. The summed E-state index contributed by atoms with van der Waals surface area (Å²) in [6.07, 6.45) is 7.60. The van der Waals surface area contributed by atoms with Gasteiger partial charge in [-0.2, -0.15) is 0 Å². The SMILES string of the molecule is C=C/C=C\C(=C/C)B1OC(C)(C)C(C)(C)O1. The molecule has 1 aliphatic heterocycles. The maximum absolute atomic E-state index is 5.94. The van der Waals surface area contributed by atoms with Crippen molar-refractivity contribution >= 4 is 7.12 Å². The van der Waals surface area contributed by atoms with E-state index in [1.165, 1.54) is 0 Å². The molecule has 0 aliphatic carbocycles. The topological polar surface area (TPSA) is 18.5 Å². The molecule has 16 heavy (non-hydrogen) atoms. The molecule has 1 aliphatic rings. The average molecular weight is 220 g/mol. The molecule has 0 amide bonds. The molecule has 0 aromatic heterocycles. The zero-order valence-corrected chi connectivity index (χ0v) is 10.9. The summed E-state index contributed by atoms with van der Waals surface area (Å²) >= 11 is 0. The fourth-order valence-electron chi connectivity index (χ4n) is 1.47. The van der Waals surface area contributed by atoms with E-state index in [1.807, 2.05) is 25.2 Å². The van der Waals surface area contributed by atoms with Gasteiger partial charge in [0.15, 0.2) is 0 Å². The summed E-state index contributed by atoms with van der Waals surface area (Å²) in [6.45, 7) is 13.8. The van der Waals surface area contributed by atoms with Crippen LogP contribution in [0, 0.1) is 0 Å². The Labute approximate surface area is 99.2 Å². The van der Waals surface area contributed by atoms with E-state index in [0.717, 1.165) is 5.47 Å². The monoisotopic (exact) mass is 220 g/mol. The van der Waals surface area contributed by atoms with Crippen LogP contribution in [0.15, 0.2) is 36.4 Å². The summed E-state index contributed by atoms with van der Waals surface area (Å²) in [5.74, 6) is 0. The first-order valence-electron chi connectivity index (χ1n) is 5.65. The van der Waals surface area contributed by atoms with Crippen LogP contribution in [0.25, 0.3) is 0 Å². The molecular weight excluding hydrogens is 199 g/mol. The molecule has 0 radical (unpaired) electrons. The predicted octanol–water partition coefficient (Wildman–Crippen LogP) is 3.31. The Bertz CT molecular complexity index is 311. The van der Waals surface area contributed by atoms with Crippen LogP contribution in [-0.4, -0.2) is 18.3 Å². The van der Waals surface area contributed by atoms with Gasteiger partial charge in [-0.3, -0.25) is 0 Å².